The molecule has 2 N–H and O–H groups in total. The van der Waals surface area contributed by atoms with Gasteiger partial charge in [-0.05, 0) is 56.3 Å². The van der Waals surface area contributed by atoms with E-state index in [1.54, 1.807) is 0 Å². The average Bonchev–Trinajstić information content (AvgIpc) is 2.81. The molecule has 1 saturated heterocycles. The quantitative estimate of drug-likeness (QED) is 0.888. The van der Waals surface area contributed by atoms with Gasteiger partial charge in [-0.25, -0.2) is 0 Å². The monoisotopic (exact) mass is 246 g/mol. The van der Waals surface area contributed by atoms with Gasteiger partial charge in [0.15, 0.2) is 0 Å². The number of nitrogens with two attached hydrogens (primary N) is 1. The molecular weight excluding hydrogens is 224 g/mol. The van der Waals surface area contributed by atoms with E-state index >= 15 is 0 Å². The molecule has 1 aromatic carbocycles. The number of amides is 1. The van der Waals surface area contributed by atoms with Gasteiger partial charge in [-0.1, -0.05) is 12.1 Å². The topological polar surface area (TPSA) is 46.3 Å². The molecular formula is C15H22N2O. The van der Waals surface area contributed by atoms with Gasteiger partial charge in [0, 0.05) is 18.7 Å². The first-order chi connectivity index (χ1) is 8.63. The molecule has 0 bridgehead atoms. The smallest absolute Gasteiger partial charge is 0.254 e. The lowest BCUT2D eigenvalue weighted by Gasteiger charge is -2.18. The molecule has 1 atom stereocenters. The standard InChI is InChI=1S/C15H22N2O/c1-11-4-3-5-14(12(11)2)15(18)17-9-7-13(10-17)6-8-16/h3-5,13H,6-10,16H2,1-2H3. The second kappa shape index (κ2) is 5.53. The predicted octanol–water partition coefficient (Wildman–Crippen LogP) is 2.11. The number of hydrogen-bond acceptors (Lipinski definition) is 2. The summed E-state index contributed by atoms with van der Waals surface area (Å²) in [5.74, 6) is 0.764. The van der Waals surface area contributed by atoms with E-state index in [0.717, 1.165) is 43.6 Å². The van der Waals surface area contributed by atoms with E-state index in [0.29, 0.717) is 5.92 Å². The molecule has 0 aliphatic carbocycles. The molecule has 1 unspecified atom stereocenters. The number of carbonyl (C=O) groups is 1. The van der Waals surface area contributed by atoms with E-state index in [-0.39, 0.29) is 5.91 Å². The molecule has 0 spiro atoms. The number of rotatable bonds is 3. The third-order valence-electron chi connectivity index (χ3n) is 3.98. The fourth-order valence-corrected chi connectivity index (χ4v) is 2.64. The Bertz CT molecular complexity index is 442. The molecule has 1 amide bonds. The summed E-state index contributed by atoms with van der Waals surface area (Å²) in [5.41, 5.74) is 8.71. The molecule has 1 aliphatic rings. The molecule has 1 heterocycles. The van der Waals surface area contributed by atoms with Crippen LogP contribution in [0.1, 0.15) is 34.3 Å². The Balaban J connectivity index is 2.11. The summed E-state index contributed by atoms with van der Waals surface area (Å²) in [6.07, 6.45) is 2.12. The molecule has 98 valence electrons. The van der Waals surface area contributed by atoms with E-state index in [4.69, 9.17) is 5.73 Å². The van der Waals surface area contributed by atoms with Gasteiger partial charge in [0.25, 0.3) is 5.91 Å². The van der Waals surface area contributed by atoms with Crippen molar-refractivity contribution in [2.45, 2.75) is 26.7 Å². The van der Waals surface area contributed by atoms with Crippen LogP contribution in [0.15, 0.2) is 18.2 Å². The summed E-state index contributed by atoms with van der Waals surface area (Å²) in [4.78, 5) is 14.4. The van der Waals surface area contributed by atoms with Crippen LogP contribution in [0.3, 0.4) is 0 Å². The van der Waals surface area contributed by atoms with Gasteiger partial charge in [0.05, 0.1) is 0 Å². The van der Waals surface area contributed by atoms with Crippen molar-refractivity contribution in [1.29, 1.82) is 0 Å². The normalized spacial score (nSPS) is 19.3. The highest BCUT2D eigenvalue weighted by Crippen LogP contribution is 2.22. The lowest BCUT2D eigenvalue weighted by atomic mass is 10.0. The van der Waals surface area contributed by atoms with E-state index in [9.17, 15) is 4.79 Å². The Morgan fingerprint density at radius 2 is 2.22 bits per heavy atom. The Labute approximate surface area is 109 Å². The maximum Gasteiger partial charge on any atom is 0.254 e. The Morgan fingerprint density at radius 1 is 1.44 bits per heavy atom. The van der Waals surface area contributed by atoms with Crippen LogP contribution in [-0.2, 0) is 0 Å². The predicted molar refractivity (Wildman–Crippen MR) is 73.6 cm³/mol. The summed E-state index contributed by atoms with van der Waals surface area (Å²) < 4.78 is 0. The summed E-state index contributed by atoms with van der Waals surface area (Å²) >= 11 is 0. The zero-order valence-electron chi connectivity index (χ0n) is 11.3. The van der Waals surface area contributed by atoms with Crippen LogP contribution in [0.4, 0.5) is 0 Å². The molecule has 0 radical (unpaired) electrons. The lowest BCUT2D eigenvalue weighted by Crippen LogP contribution is -2.29. The Morgan fingerprint density at radius 3 is 2.94 bits per heavy atom. The fourth-order valence-electron chi connectivity index (χ4n) is 2.64. The van der Waals surface area contributed by atoms with Crippen LogP contribution in [0.2, 0.25) is 0 Å². The third kappa shape index (κ3) is 2.56. The summed E-state index contributed by atoms with van der Waals surface area (Å²) in [5, 5.41) is 0. The molecule has 1 fully saturated rings. The fraction of sp³-hybridized carbons (Fsp3) is 0.533. The SMILES string of the molecule is Cc1cccc(C(=O)N2CCC(CCN)C2)c1C. The summed E-state index contributed by atoms with van der Waals surface area (Å²) in [7, 11) is 0. The second-order valence-electron chi connectivity index (χ2n) is 5.23. The van der Waals surface area contributed by atoms with Crippen molar-refractivity contribution in [2.75, 3.05) is 19.6 Å². The summed E-state index contributed by atoms with van der Waals surface area (Å²) in [6, 6.07) is 5.94. The highest BCUT2D eigenvalue weighted by Gasteiger charge is 2.27. The minimum Gasteiger partial charge on any atom is -0.338 e. The van der Waals surface area contributed by atoms with Gasteiger partial charge < -0.3 is 10.6 Å². The molecule has 0 aromatic heterocycles. The van der Waals surface area contributed by atoms with Crippen molar-refractivity contribution < 1.29 is 4.79 Å². The van der Waals surface area contributed by atoms with Gasteiger partial charge in [0.1, 0.15) is 0 Å². The number of hydrogen-bond donors (Lipinski definition) is 1. The average molecular weight is 246 g/mol. The van der Waals surface area contributed by atoms with Gasteiger partial charge in [0.2, 0.25) is 0 Å². The van der Waals surface area contributed by atoms with Crippen molar-refractivity contribution >= 4 is 5.91 Å². The van der Waals surface area contributed by atoms with Gasteiger partial charge in [-0.3, -0.25) is 4.79 Å². The maximum atomic E-state index is 12.5. The van der Waals surface area contributed by atoms with Crippen LogP contribution in [0.25, 0.3) is 0 Å². The van der Waals surface area contributed by atoms with Gasteiger partial charge >= 0.3 is 0 Å². The van der Waals surface area contributed by atoms with E-state index < -0.39 is 0 Å². The minimum atomic E-state index is 0.177. The van der Waals surface area contributed by atoms with Crippen molar-refractivity contribution in [3.63, 3.8) is 0 Å². The first kappa shape index (κ1) is 13.1. The highest BCUT2D eigenvalue weighted by molar-refractivity contribution is 5.96. The van der Waals surface area contributed by atoms with Crippen LogP contribution in [0.5, 0.6) is 0 Å². The Kier molecular flexibility index (Phi) is 4.02. The van der Waals surface area contributed by atoms with Crippen LogP contribution < -0.4 is 5.73 Å². The van der Waals surface area contributed by atoms with E-state index in [2.05, 4.69) is 0 Å². The molecule has 18 heavy (non-hydrogen) atoms. The van der Waals surface area contributed by atoms with Crippen molar-refractivity contribution in [2.24, 2.45) is 11.7 Å². The zero-order chi connectivity index (χ0) is 13.1. The summed E-state index contributed by atoms with van der Waals surface area (Å²) in [6.45, 7) is 6.53. The van der Waals surface area contributed by atoms with Gasteiger partial charge in [-0.2, -0.15) is 0 Å². The number of carbonyl (C=O) groups excluding carboxylic acids is 1. The molecule has 2 rings (SSSR count). The molecule has 1 aromatic rings. The number of likely N-dealkylation sites (tertiary alicyclic amines) is 1. The van der Waals surface area contributed by atoms with Crippen molar-refractivity contribution in [1.82, 2.24) is 4.90 Å². The van der Waals surface area contributed by atoms with Crippen LogP contribution >= 0.6 is 0 Å². The van der Waals surface area contributed by atoms with Crippen molar-refractivity contribution in [3.05, 3.63) is 34.9 Å². The largest absolute Gasteiger partial charge is 0.338 e. The van der Waals surface area contributed by atoms with Crippen LogP contribution in [0, 0.1) is 19.8 Å². The Hall–Kier alpha value is -1.35. The van der Waals surface area contributed by atoms with Gasteiger partial charge in [-0.15, -0.1) is 0 Å². The number of aryl methyl sites for hydroxylation is 1. The number of nitrogens with zero attached hydrogens (tertiary/aromatic N) is 1. The molecule has 3 nitrogen and oxygen atoms in total. The molecule has 3 heteroatoms. The minimum absolute atomic E-state index is 0.177. The highest BCUT2D eigenvalue weighted by atomic mass is 16.2. The van der Waals surface area contributed by atoms with E-state index in [1.165, 1.54) is 5.56 Å². The first-order valence-corrected chi connectivity index (χ1v) is 6.69. The molecule has 1 aliphatic heterocycles. The number of benzene rings is 1. The lowest BCUT2D eigenvalue weighted by molar-refractivity contribution is 0.0786. The third-order valence-corrected chi connectivity index (χ3v) is 3.98. The molecule has 0 saturated carbocycles. The first-order valence-electron chi connectivity index (χ1n) is 6.69. The second-order valence-corrected chi connectivity index (χ2v) is 5.23. The van der Waals surface area contributed by atoms with Crippen LogP contribution in [-0.4, -0.2) is 30.4 Å². The zero-order valence-corrected chi connectivity index (χ0v) is 11.3. The maximum absolute atomic E-state index is 12.5. The van der Waals surface area contributed by atoms with Crippen molar-refractivity contribution in [3.8, 4) is 0 Å². The van der Waals surface area contributed by atoms with E-state index in [1.807, 2.05) is 36.9 Å².